The van der Waals surface area contributed by atoms with Gasteiger partial charge in [-0.25, -0.2) is 4.98 Å². The van der Waals surface area contributed by atoms with E-state index in [0.717, 1.165) is 11.0 Å². The van der Waals surface area contributed by atoms with Gasteiger partial charge in [-0.15, -0.1) is 0 Å². The summed E-state index contributed by atoms with van der Waals surface area (Å²) in [6.07, 6.45) is -4.04. The van der Waals surface area contributed by atoms with Gasteiger partial charge in [0.15, 0.2) is 0 Å². The number of halogens is 3. The normalized spacial score (nSPS) is 11.1. The van der Waals surface area contributed by atoms with Crippen LogP contribution in [-0.4, -0.2) is 40.2 Å². The van der Waals surface area contributed by atoms with Crippen LogP contribution >= 0.6 is 0 Å². The third-order valence-corrected chi connectivity index (χ3v) is 2.05. The molecular weight excluding hydrogens is 269 g/mol. The number of carboxylic acid groups (broad SMARTS) is 2. The summed E-state index contributed by atoms with van der Waals surface area (Å²) in [6, 6.07) is 1.63. The first kappa shape index (κ1) is 14.7. The van der Waals surface area contributed by atoms with Crippen molar-refractivity contribution in [3.63, 3.8) is 0 Å². The molecule has 6 nitrogen and oxygen atoms in total. The highest BCUT2D eigenvalue weighted by Gasteiger charge is 2.31. The summed E-state index contributed by atoms with van der Waals surface area (Å²) in [5.74, 6) is -2.79. The predicted octanol–water partition coefficient (Wildman–Crippen LogP) is 1.08. The minimum absolute atomic E-state index is 0.155. The minimum Gasteiger partial charge on any atom is -0.480 e. The molecule has 0 spiro atoms. The largest absolute Gasteiger partial charge is 0.480 e. The van der Waals surface area contributed by atoms with Crippen molar-refractivity contribution in [3.8, 4) is 0 Å². The van der Waals surface area contributed by atoms with Crippen LogP contribution in [0.1, 0.15) is 5.56 Å². The lowest BCUT2D eigenvalue weighted by Crippen LogP contribution is -2.35. The molecule has 9 heteroatoms. The lowest BCUT2D eigenvalue weighted by molar-refractivity contribution is -0.138. The number of carboxylic acids is 2. The third kappa shape index (κ3) is 4.45. The molecule has 0 atom stereocenters. The molecule has 1 aromatic rings. The van der Waals surface area contributed by atoms with Gasteiger partial charge in [0.25, 0.3) is 0 Å². The number of carbonyl (C=O) groups is 2. The zero-order chi connectivity index (χ0) is 14.6. The van der Waals surface area contributed by atoms with E-state index in [0.29, 0.717) is 12.3 Å². The van der Waals surface area contributed by atoms with E-state index in [1.54, 1.807) is 0 Å². The van der Waals surface area contributed by atoms with E-state index in [1.165, 1.54) is 0 Å². The lowest BCUT2D eigenvalue weighted by atomic mass is 10.2. The summed E-state index contributed by atoms with van der Waals surface area (Å²) in [5.41, 5.74) is -0.998. The number of pyridine rings is 1. The van der Waals surface area contributed by atoms with E-state index in [4.69, 9.17) is 10.2 Å². The Labute approximate surface area is 105 Å². The first-order chi connectivity index (χ1) is 8.70. The molecule has 0 aliphatic heterocycles. The molecule has 0 aliphatic rings. The number of aliphatic carboxylic acids is 2. The Kier molecular flexibility index (Phi) is 4.30. The van der Waals surface area contributed by atoms with Gasteiger partial charge in [0.2, 0.25) is 0 Å². The third-order valence-electron chi connectivity index (χ3n) is 2.05. The Morgan fingerprint density at radius 3 is 2.00 bits per heavy atom. The van der Waals surface area contributed by atoms with Crippen LogP contribution < -0.4 is 4.90 Å². The number of hydrogen-bond acceptors (Lipinski definition) is 4. The highest BCUT2D eigenvalue weighted by atomic mass is 19.4. The Morgan fingerprint density at radius 2 is 1.68 bits per heavy atom. The molecule has 1 heterocycles. The van der Waals surface area contributed by atoms with Gasteiger partial charge in [-0.2, -0.15) is 13.2 Å². The van der Waals surface area contributed by atoms with Gasteiger partial charge < -0.3 is 15.1 Å². The average Bonchev–Trinajstić information content (AvgIpc) is 2.26. The van der Waals surface area contributed by atoms with Gasteiger partial charge in [0, 0.05) is 6.20 Å². The van der Waals surface area contributed by atoms with Crippen LogP contribution in [0.2, 0.25) is 0 Å². The number of hydrogen-bond donors (Lipinski definition) is 2. The van der Waals surface area contributed by atoms with Crippen molar-refractivity contribution < 1.29 is 33.0 Å². The van der Waals surface area contributed by atoms with Crippen molar-refractivity contribution in [3.05, 3.63) is 23.9 Å². The van der Waals surface area contributed by atoms with Crippen molar-refractivity contribution >= 4 is 17.8 Å². The van der Waals surface area contributed by atoms with Crippen molar-refractivity contribution in [1.82, 2.24) is 4.98 Å². The van der Waals surface area contributed by atoms with E-state index >= 15 is 0 Å². The van der Waals surface area contributed by atoms with Gasteiger partial charge in [0.1, 0.15) is 18.9 Å². The molecule has 0 saturated carbocycles. The maximum Gasteiger partial charge on any atom is 0.417 e. The van der Waals surface area contributed by atoms with Gasteiger partial charge in [-0.1, -0.05) is 0 Å². The highest BCUT2D eigenvalue weighted by Crippen LogP contribution is 2.29. The van der Waals surface area contributed by atoms with E-state index in [9.17, 15) is 22.8 Å². The van der Waals surface area contributed by atoms with Crippen LogP contribution in [0.25, 0.3) is 0 Å². The molecule has 0 saturated heterocycles. The van der Waals surface area contributed by atoms with Crippen LogP contribution in [0.15, 0.2) is 18.3 Å². The Balaban J connectivity index is 2.96. The van der Waals surface area contributed by atoms with Gasteiger partial charge in [-0.05, 0) is 12.1 Å². The highest BCUT2D eigenvalue weighted by molar-refractivity contribution is 5.78. The smallest absolute Gasteiger partial charge is 0.417 e. The molecule has 0 radical (unpaired) electrons. The van der Waals surface area contributed by atoms with E-state index in [-0.39, 0.29) is 5.82 Å². The van der Waals surface area contributed by atoms with Crippen LogP contribution in [-0.2, 0) is 15.8 Å². The van der Waals surface area contributed by atoms with E-state index < -0.39 is 36.8 Å². The Hall–Kier alpha value is -2.32. The van der Waals surface area contributed by atoms with E-state index in [1.807, 2.05) is 0 Å². The summed E-state index contributed by atoms with van der Waals surface area (Å²) in [7, 11) is 0. The fraction of sp³-hybridized carbons (Fsp3) is 0.300. The molecule has 0 aromatic carbocycles. The molecule has 2 N–H and O–H groups in total. The molecule has 0 amide bonds. The van der Waals surface area contributed by atoms with Crippen LogP contribution in [0.4, 0.5) is 19.0 Å². The summed E-state index contributed by atoms with van der Waals surface area (Å²) < 4.78 is 36.9. The fourth-order valence-corrected chi connectivity index (χ4v) is 1.29. The average molecular weight is 278 g/mol. The molecular formula is C10H9F3N2O4. The first-order valence-electron chi connectivity index (χ1n) is 4.92. The number of anilines is 1. The quantitative estimate of drug-likeness (QED) is 0.837. The summed E-state index contributed by atoms with van der Waals surface area (Å²) in [5, 5.41) is 17.2. The number of aromatic nitrogens is 1. The maximum absolute atomic E-state index is 12.3. The van der Waals surface area contributed by atoms with Crippen LogP contribution in [0.5, 0.6) is 0 Å². The molecule has 1 rings (SSSR count). The summed E-state index contributed by atoms with van der Waals surface area (Å²) in [6.45, 7) is -1.35. The second kappa shape index (κ2) is 5.55. The fourth-order valence-electron chi connectivity index (χ4n) is 1.29. The van der Waals surface area contributed by atoms with Gasteiger partial charge in [0.05, 0.1) is 5.56 Å². The van der Waals surface area contributed by atoms with Crippen molar-refractivity contribution in [1.29, 1.82) is 0 Å². The Morgan fingerprint density at radius 1 is 1.16 bits per heavy atom. The van der Waals surface area contributed by atoms with Gasteiger partial charge >= 0.3 is 18.1 Å². The number of rotatable bonds is 5. The summed E-state index contributed by atoms with van der Waals surface area (Å²) in [4.78, 5) is 25.4. The van der Waals surface area contributed by atoms with Crippen molar-refractivity contribution in [2.75, 3.05) is 18.0 Å². The second-order valence-electron chi connectivity index (χ2n) is 3.55. The molecule has 104 valence electrons. The SMILES string of the molecule is O=C(O)CN(CC(=O)O)c1ccc(C(F)(F)F)cn1. The standard InChI is InChI=1S/C10H9F3N2O4/c11-10(12,13)6-1-2-7(14-3-6)15(4-8(16)17)5-9(18)19/h1-3H,4-5H2,(H,16,17)(H,18,19). The predicted molar refractivity (Wildman–Crippen MR) is 56.7 cm³/mol. The topological polar surface area (TPSA) is 90.7 Å². The first-order valence-corrected chi connectivity index (χ1v) is 4.92. The monoisotopic (exact) mass is 278 g/mol. The van der Waals surface area contributed by atoms with Crippen LogP contribution in [0, 0.1) is 0 Å². The zero-order valence-corrected chi connectivity index (χ0v) is 9.39. The Bertz CT molecular complexity index is 457. The second-order valence-corrected chi connectivity index (χ2v) is 3.55. The number of nitrogens with zero attached hydrogens (tertiary/aromatic N) is 2. The molecule has 19 heavy (non-hydrogen) atoms. The molecule has 0 fully saturated rings. The van der Waals surface area contributed by atoms with Gasteiger partial charge in [-0.3, -0.25) is 9.59 Å². The lowest BCUT2D eigenvalue weighted by Gasteiger charge is -2.19. The maximum atomic E-state index is 12.3. The van der Waals surface area contributed by atoms with Crippen molar-refractivity contribution in [2.45, 2.75) is 6.18 Å². The number of alkyl halides is 3. The van der Waals surface area contributed by atoms with E-state index in [2.05, 4.69) is 4.98 Å². The van der Waals surface area contributed by atoms with Crippen molar-refractivity contribution in [2.24, 2.45) is 0 Å². The zero-order valence-electron chi connectivity index (χ0n) is 9.39. The molecule has 0 bridgehead atoms. The summed E-state index contributed by atoms with van der Waals surface area (Å²) >= 11 is 0. The molecule has 0 unspecified atom stereocenters. The minimum atomic E-state index is -4.56. The van der Waals surface area contributed by atoms with Crippen LogP contribution in [0.3, 0.4) is 0 Å². The molecule has 0 aliphatic carbocycles. The molecule has 1 aromatic heterocycles.